The summed E-state index contributed by atoms with van der Waals surface area (Å²) in [4.78, 5) is 24.4. The molecule has 0 aromatic carbocycles. The highest BCUT2D eigenvalue weighted by Crippen LogP contribution is 2.33. The topological polar surface area (TPSA) is 88.0 Å². The molecule has 1 N–H and O–H groups in total. The van der Waals surface area contributed by atoms with E-state index < -0.39 is 4.92 Å². The van der Waals surface area contributed by atoms with E-state index in [9.17, 15) is 10.1 Å². The van der Waals surface area contributed by atoms with Crippen molar-refractivity contribution < 1.29 is 4.92 Å². The summed E-state index contributed by atoms with van der Waals surface area (Å²) < 4.78 is 0. The Labute approximate surface area is 130 Å². The second kappa shape index (κ2) is 5.72. The fourth-order valence-electron chi connectivity index (χ4n) is 2.33. The zero-order chi connectivity index (χ0) is 15.7. The molecule has 7 nitrogen and oxygen atoms in total. The summed E-state index contributed by atoms with van der Waals surface area (Å²) in [6.45, 7) is 5.96. The van der Waals surface area contributed by atoms with Crippen LogP contribution in [0.1, 0.15) is 13.8 Å². The number of hydrogen-bond acceptors (Lipinski definition) is 6. The van der Waals surface area contributed by atoms with Gasteiger partial charge in [-0.15, -0.1) is 11.3 Å². The van der Waals surface area contributed by atoms with Gasteiger partial charge in [-0.05, 0) is 13.8 Å². The van der Waals surface area contributed by atoms with Gasteiger partial charge in [-0.3, -0.25) is 10.1 Å². The molecule has 3 aromatic heterocycles. The van der Waals surface area contributed by atoms with Gasteiger partial charge in [-0.2, -0.15) is 0 Å². The third-order valence-electron chi connectivity index (χ3n) is 3.53. The maximum absolute atomic E-state index is 10.9. The fraction of sp³-hybridized carbons (Fsp3) is 0.286. The molecule has 0 amide bonds. The molecule has 8 heteroatoms. The molecule has 0 saturated carbocycles. The van der Waals surface area contributed by atoms with Gasteiger partial charge in [0.05, 0.1) is 10.6 Å². The maximum atomic E-state index is 10.9. The van der Waals surface area contributed by atoms with Crippen LogP contribution in [0.3, 0.4) is 0 Å². The van der Waals surface area contributed by atoms with E-state index in [1.165, 1.54) is 12.3 Å². The first kappa shape index (κ1) is 14.5. The van der Waals surface area contributed by atoms with Crippen LogP contribution in [0.15, 0.2) is 23.8 Å². The molecule has 0 spiro atoms. The Hall–Kier alpha value is -2.48. The number of hydrogen-bond donors (Lipinski definition) is 1. The van der Waals surface area contributed by atoms with Crippen molar-refractivity contribution in [3.8, 4) is 11.3 Å². The van der Waals surface area contributed by atoms with Gasteiger partial charge in [0.25, 0.3) is 5.69 Å². The molecule has 0 atom stereocenters. The summed E-state index contributed by atoms with van der Waals surface area (Å²) in [6, 6.07) is 1.53. The Morgan fingerprint density at radius 3 is 2.86 bits per heavy atom. The molecular formula is C14H15N5O2S. The highest BCUT2D eigenvalue weighted by atomic mass is 32.1. The molecule has 22 heavy (non-hydrogen) atoms. The smallest absolute Gasteiger partial charge is 0.288 e. The van der Waals surface area contributed by atoms with Gasteiger partial charge in [0.15, 0.2) is 5.13 Å². The van der Waals surface area contributed by atoms with Gasteiger partial charge in [0, 0.05) is 41.7 Å². The van der Waals surface area contributed by atoms with E-state index in [1.54, 1.807) is 17.5 Å². The Morgan fingerprint density at radius 1 is 1.41 bits per heavy atom. The lowest BCUT2D eigenvalue weighted by Gasteiger charge is -2.16. The SMILES string of the molecule is CCN(CC)c1nc(-c2c[nH]c3ncc([N+](=O)[O-])cc23)cs1. The molecule has 0 unspecified atom stereocenters. The standard InChI is InChI=1S/C14H15N5O2S/c1-3-18(4-2)14-17-12(8-22-14)11-7-16-13-10(11)5-9(6-15-13)19(20)21/h5-8H,3-4H2,1-2H3,(H,15,16). The third kappa shape index (κ3) is 2.41. The highest BCUT2D eigenvalue weighted by Gasteiger charge is 2.16. The average Bonchev–Trinajstić information content (AvgIpc) is 3.14. The maximum Gasteiger partial charge on any atom is 0.288 e. The zero-order valence-electron chi connectivity index (χ0n) is 12.2. The normalized spacial score (nSPS) is 11.0. The quantitative estimate of drug-likeness (QED) is 0.575. The van der Waals surface area contributed by atoms with E-state index in [0.717, 1.165) is 29.5 Å². The molecule has 0 radical (unpaired) electrons. The number of H-pyrrole nitrogens is 1. The number of pyridine rings is 1. The van der Waals surface area contributed by atoms with Crippen LogP contribution in [0.5, 0.6) is 0 Å². The van der Waals surface area contributed by atoms with E-state index in [4.69, 9.17) is 0 Å². The van der Waals surface area contributed by atoms with E-state index >= 15 is 0 Å². The number of nitro groups is 1. The molecule has 0 aliphatic carbocycles. The monoisotopic (exact) mass is 317 g/mol. The molecule has 114 valence electrons. The van der Waals surface area contributed by atoms with Crippen LogP contribution < -0.4 is 4.90 Å². The first-order valence-corrected chi connectivity index (χ1v) is 7.84. The highest BCUT2D eigenvalue weighted by molar-refractivity contribution is 7.14. The number of fused-ring (bicyclic) bond motifs is 1. The zero-order valence-corrected chi connectivity index (χ0v) is 13.1. The number of aromatic nitrogens is 3. The van der Waals surface area contributed by atoms with Crippen LogP contribution in [-0.4, -0.2) is 33.0 Å². The van der Waals surface area contributed by atoms with Gasteiger partial charge >= 0.3 is 0 Å². The van der Waals surface area contributed by atoms with Crippen LogP contribution >= 0.6 is 11.3 Å². The van der Waals surface area contributed by atoms with Crippen molar-refractivity contribution >= 4 is 33.2 Å². The molecule has 3 heterocycles. The van der Waals surface area contributed by atoms with Gasteiger partial charge in [-0.1, -0.05) is 0 Å². The molecular weight excluding hydrogens is 302 g/mol. The van der Waals surface area contributed by atoms with Gasteiger partial charge < -0.3 is 9.88 Å². The first-order chi connectivity index (χ1) is 10.6. The predicted molar refractivity (Wildman–Crippen MR) is 87.4 cm³/mol. The van der Waals surface area contributed by atoms with Gasteiger partial charge in [-0.25, -0.2) is 9.97 Å². The lowest BCUT2D eigenvalue weighted by Crippen LogP contribution is -2.21. The van der Waals surface area contributed by atoms with Crippen molar-refractivity contribution in [1.82, 2.24) is 15.0 Å². The van der Waals surface area contributed by atoms with E-state index in [-0.39, 0.29) is 5.69 Å². The Morgan fingerprint density at radius 2 is 2.18 bits per heavy atom. The van der Waals surface area contributed by atoms with Crippen LogP contribution in [0, 0.1) is 10.1 Å². The third-order valence-corrected chi connectivity index (χ3v) is 4.43. The summed E-state index contributed by atoms with van der Waals surface area (Å²) in [6.07, 6.45) is 3.05. The predicted octanol–water partition coefficient (Wildman–Crippen LogP) is 3.44. The molecule has 3 aromatic rings. The lowest BCUT2D eigenvalue weighted by molar-refractivity contribution is -0.385. The number of rotatable bonds is 5. The van der Waals surface area contributed by atoms with Crippen molar-refractivity contribution in [1.29, 1.82) is 0 Å². The molecule has 0 aliphatic heterocycles. The van der Waals surface area contributed by atoms with Gasteiger partial charge in [0.2, 0.25) is 0 Å². The summed E-state index contributed by atoms with van der Waals surface area (Å²) >= 11 is 1.57. The molecule has 0 saturated heterocycles. The largest absolute Gasteiger partial charge is 0.349 e. The number of anilines is 1. The van der Waals surface area contributed by atoms with Crippen LogP contribution in [0.4, 0.5) is 10.8 Å². The fourth-order valence-corrected chi connectivity index (χ4v) is 3.29. The Bertz CT molecular complexity index is 822. The molecule has 3 rings (SSSR count). The van der Waals surface area contributed by atoms with Gasteiger partial charge in [0.1, 0.15) is 11.8 Å². The molecule has 0 bridgehead atoms. The minimum Gasteiger partial charge on any atom is -0.349 e. The second-order valence-electron chi connectivity index (χ2n) is 4.74. The Balaban J connectivity index is 2.06. The molecule has 0 aliphatic rings. The first-order valence-electron chi connectivity index (χ1n) is 6.96. The van der Waals surface area contributed by atoms with Crippen molar-refractivity contribution in [3.63, 3.8) is 0 Å². The van der Waals surface area contributed by atoms with E-state index in [1.807, 2.05) is 5.38 Å². The number of aromatic amines is 1. The van der Waals surface area contributed by atoms with Crippen molar-refractivity contribution in [2.24, 2.45) is 0 Å². The summed E-state index contributed by atoms with van der Waals surface area (Å²) in [5.41, 5.74) is 2.24. The van der Waals surface area contributed by atoms with E-state index in [0.29, 0.717) is 11.0 Å². The van der Waals surface area contributed by atoms with Crippen molar-refractivity contribution in [3.05, 3.63) is 34.0 Å². The summed E-state index contributed by atoms with van der Waals surface area (Å²) in [7, 11) is 0. The van der Waals surface area contributed by atoms with Crippen LogP contribution in [-0.2, 0) is 0 Å². The number of nitrogens with zero attached hydrogens (tertiary/aromatic N) is 4. The average molecular weight is 317 g/mol. The Kier molecular flexibility index (Phi) is 3.76. The second-order valence-corrected chi connectivity index (χ2v) is 5.57. The van der Waals surface area contributed by atoms with E-state index in [2.05, 4.69) is 33.7 Å². The van der Waals surface area contributed by atoms with Crippen LogP contribution in [0.25, 0.3) is 22.3 Å². The lowest BCUT2D eigenvalue weighted by atomic mass is 10.2. The number of thiazole rings is 1. The van der Waals surface area contributed by atoms with Crippen LogP contribution in [0.2, 0.25) is 0 Å². The molecule has 0 fully saturated rings. The van der Waals surface area contributed by atoms with Crippen molar-refractivity contribution in [2.75, 3.05) is 18.0 Å². The number of nitrogens with one attached hydrogen (secondary N) is 1. The summed E-state index contributed by atoms with van der Waals surface area (Å²) in [5, 5.41) is 14.6. The minimum atomic E-state index is -0.439. The van der Waals surface area contributed by atoms with Crippen molar-refractivity contribution in [2.45, 2.75) is 13.8 Å². The minimum absolute atomic E-state index is 0.0208. The summed E-state index contributed by atoms with van der Waals surface area (Å²) in [5.74, 6) is 0.